The Morgan fingerprint density at radius 3 is 2.57 bits per heavy atom. The van der Waals surface area contributed by atoms with E-state index in [1.54, 1.807) is 19.9 Å². The first kappa shape index (κ1) is 19.8. The minimum Gasteiger partial charge on any atom is -0.452 e. The van der Waals surface area contributed by atoms with Crippen molar-refractivity contribution < 1.29 is 19.1 Å². The monoisotopic (exact) mass is 378 g/mol. The van der Waals surface area contributed by atoms with Crippen LogP contribution in [0.4, 0.5) is 4.79 Å². The number of thioether (sulfide) groups is 1. The highest BCUT2D eigenvalue weighted by Crippen LogP contribution is 2.25. The molecule has 1 aromatic heterocycles. The minimum atomic E-state index is -1.03. The molecule has 0 bridgehead atoms. The van der Waals surface area contributed by atoms with Crippen LogP contribution in [0.25, 0.3) is 0 Å². The Kier molecular flexibility index (Phi) is 8.43. The lowest BCUT2D eigenvalue weighted by molar-refractivity contribution is -0.151. The summed E-state index contributed by atoms with van der Waals surface area (Å²) in [5.74, 6) is -0.411. The summed E-state index contributed by atoms with van der Waals surface area (Å²) in [4.78, 5) is 35.8. The van der Waals surface area contributed by atoms with Crippen LogP contribution in [0.3, 0.4) is 0 Å². The molecule has 1 rings (SSSR count). The molecule has 0 fully saturated rings. The summed E-state index contributed by atoms with van der Waals surface area (Å²) >= 11 is 8.64. The molecule has 2 N–H and O–H groups in total. The quantitative estimate of drug-likeness (QED) is 0.712. The highest BCUT2D eigenvalue weighted by Gasteiger charge is 2.20. The Morgan fingerprint density at radius 2 is 2.00 bits per heavy atom. The number of nitrogens with one attached hydrogen (secondary N) is 2. The van der Waals surface area contributed by atoms with E-state index in [0.29, 0.717) is 10.1 Å². The summed E-state index contributed by atoms with van der Waals surface area (Å²) in [5, 5.41) is 4.63. The zero-order valence-electron chi connectivity index (χ0n) is 13.1. The third kappa shape index (κ3) is 8.24. The second-order valence-corrected chi connectivity index (χ2v) is 7.73. The van der Waals surface area contributed by atoms with Gasteiger partial charge in [0.1, 0.15) is 0 Å². The number of hydrogen-bond acceptors (Lipinski definition) is 6. The van der Waals surface area contributed by atoms with Crippen LogP contribution in [-0.2, 0) is 20.1 Å². The lowest BCUT2D eigenvalue weighted by Crippen LogP contribution is -2.46. The molecule has 0 saturated carbocycles. The highest BCUT2D eigenvalue weighted by atomic mass is 35.5. The molecule has 1 atom stereocenters. The number of imide groups is 1. The van der Waals surface area contributed by atoms with Crippen molar-refractivity contribution in [2.75, 3.05) is 5.75 Å². The van der Waals surface area contributed by atoms with Crippen LogP contribution < -0.4 is 10.6 Å². The molecule has 0 unspecified atom stereocenters. The lowest BCUT2D eigenvalue weighted by Gasteiger charge is -2.14. The average Bonchev–Trinajstić information content (AvgIpc) is 2.83. The first-order valence-electron chi connectivity index (χ1n) is 6.90. The van der Waals surface area contributed by atoms with Crippen LogP contribution in [-0.4, -0.2) is 35.8 Å². The first-order chi connectivity index (χ1) is 10.8. The van der Waals surface area contributed by atoms with Gasteiger partial charge in [-0.25, -0.2) is 4.79 Å². The Morgan fingerprint density at radius 1 is 1.30 bits per heavy atom. The average molecular weight is 379 g/mol. The van der Waals surface area contributed by atoms with Crippen LogP contribution in [0.15, 0.2) is 12.1 Å². The molecule has 3 amide bonds. The fraction of sp³-hybridized carbons (Fsp3) is 0.500. The van der Waals surface area contributed by atoms with Gasteiger partial charge < -0.3 is 10.1 Å². The zero-order chi connectivity index (χ0) is 17.4. The summed E-state index contributed by atoms with van der Waals surface area (Å²) in [6, 6.07) is 2.99. The van der Waals surface area contributed by atoms with Gasteiger partial charge in [-0.05, 0) is 32.9 Å². The summed E-state index contributed by atoms with van der Waals surface area (Å²) in [6.45, 7) is 4.95. The number of rotatable bonds is 7. The Hall–Kier alpha value is -1.25. The molecule has 0 aromatic carbocycles. The maximum Gasteiger partial charge on any atom is 0.321 e. The third-order valence-corrected chi connectivity index (χ3v) is 4.80. The fourth-order valence-corrected chi connectivity index (χ4v) is 3.46. The van der Waals surface area contributed by atoms with Gasteiger partial charge in [-0.2, -0.15) is 0 Å². The number of ether oxygens (including phenoxy) is 1. The van der Waals surface area contributed by atoms with Crippen LogP contribution in [0.1, 0.15) is 25.6 Å². The van der Waals surface area contributed by atoms with Crippen LogP contribution in [0.5, 0.6) is 0 Å². The molecule has 0 spiro atoms. The summed E-state index contributed by atoms with van der Waals surface area (Å²) in [6.07, 6.45) is -1.03. The van der Waals surface area contributed by atoms with E-state index in [1.165, 1.54) is 30.0 Å². The fourth-order valence-electron chi connectivity index (χ4n) is 1.46. The molecule has 9 heteroatoms. The van der Waals surface area contributed by atoms with E-state index in [0.717, 1.165) is 4.88 Å². The number of esters is 1. The van der Waals surface area contributed by atoms with Gasteiger partial charge in [-0.15, -0.1) is 23.1 Å². The number of hydrogen-bond donors (Lipinski definition) is 2. The summed E-state index contributed by atoms with van der Waals surface area (Å²) in [5.41, 5.74) is 0. The molecular weight excluding hydrogens is 360 g/mol. The SMILES string of the molecule is CC(C)NC(=O)NC(=O)[C@@H](C)OC(=O)CSCc1ccc(Cl)s1. The van der Waals surface area contributed by atoms with Crippen molar-refractivity contribution in [3.8, 4) is 0 Å². The zero-order valence-corrected chi connectivity index (χ0v) is 15.4. The Labute approximate surface area is 148 Å². The lowest BCUT2D eigenvalue weighted by atomic mass is 10.3. The van der Waals surface area contributed by atoms with Crippen molar-refractivity contribution in [1.82, 2.24) is 10.6 Å². The molecule has 0 aliphatic heterocycles. The van der Waals surface area contributed by atoms with Crippen molar-refractivity contribution in [1.29, 1.82) is 0 Å². The van der Waals surface area contributed by atoms with Crippen LogP contribution in [0, 0.1) is 0 Å². The largest absolute Gasteiger partial charge is 0.452 e. The topological polar surface area (TPSA) is 84.5 Å². The molecule has 6 nitrogen and oxygen atoms in total. The smallest absolute Gasteiger partial charge is 0.321 e. The number of amides is 3. The second-order valence-electron chi connectivity index (χ2n) is 4.95. The van der Waals surface area contributed by atoms with Gasteiger partial charge in [-0.3, -0.25) is 14.9 Å². The third-order valence-electron chi connectivity index (χ3n) is 2.43. The van der Waals surface area contributed by atoms with Gasteiger partial charge in [0.15, 0.2) is 6.10 Å². The molecule has 1 aromatic rings. The summed E-state index contributed by atoms with van der Waals surface area (Å²) in [7, 11) is 0. The molecule has 0 saturated heterocycles. The number of urea groups is 1. The van der Waals surface area contributed by atoms with Gasteiger partial charge in [0, 0.05) is 16.7 Å². The van der Waals surface area contributed by atoms with E-state index in [-0.39, 0.29) is 11.8 Å². The maximum absolute atomic E-state index is 11.7. The first-order valence-corrected chi connectivity index (χ1v) is 9.25. The molecule has 23 heavy (non-hydrogen) atoms. The number of thiophene rings is 1. The van der Waals surface area contributed by atoms with E-state index in [4.69, 9.17) is 16.3 Å². The van der Waals surface area contributed by atoms with E-state index in [2.05, 4.69) is 10.6 Å². The minimum absolute atomic E-state index is 0.0946. The predicted octanol–water partition coefficient (Wildman–Crippen LogP) is 2.80. The Bertz CT molecular complexity index is 563. The molecule has 0 aliphatic rings. The molecule has 0 radical (unpaired) electrons. The molecule has 1 heterocycles. The van der Waals surface area contributed by atoms with Gasteiger partial charge in [0.2, 0.25) is 0 Å². The highest BCUT2D eigenvalue weighted by molar-refractivity contribution is 7.99. The van der Waals surface area contributed by atoms with Crippen molar-refractivity contribution in [3.63, 3.8) is 0 Å². The van der Waals surface area contributed by atoms with E-state index < -0.39 is 24.0 Å². The molecule has 128 valence electrons. The van der Waals surface area contributed by atoms with Gasteiger partial charge in [0.25, 0.3) is 5.91 Å². The van der Waals surface area contributed by atoms with Crippen LogP contribution in [0.2, 0.25) is 4.34 Å². The van der Waals surface area contributed by atoms with E-state index in [1.807, 2.05) is 6.07 Å². The van der Waals surface area contributed by atoms with Crippen LogP contribution >= 0.6 is 34.7 Å². The second kappa shape index (κ2) is 9.79. The molecule has 0 aliphatic carbocycles. The predicted molar refractivity (Wildman–Crippen MR) is 92.9 cm³/mol. The molecular formula is C14H19ClN2O4S2. The normalized spacial score (nSPS) is 11.9. The van der Waals surface area contributed by atoms with Crippen molar-refractivity contribution >= 4 is 52.6 Å². The van der Waals surface area contributed by atoms with E-state index in [9.17, 15) is 14.4 Å². The number of halogens is 1. The van der Waals surface area contributed by atoms with Crippen molar-refractivity contribution in [3.05, 3.63) is 21.3 Å². The maximum atomic E-state index is 11.7. The number of carbonyl (C=O) groups excluding carboxylic acids is 3. The Balaban J connectivity index is 2.26. The van der Waals surface area contributed by atoms with Gasteiger partial charge in [0.05, 0.1) is 10.1 Å². The van der Waals surface area contributed by atoms with Crippen molar-refractivity contribution in [2.24, 2.45) is 0 Å². The summed E-state index contributed by atoms with van der Waals surface area (Å²) < 4.78 is 5.69. The number of carbonyl (C=O) groups is 3. The van der Waals surface area contributed by atoms with Gasteiger partial charge >= 0.3 is 12.0 Å². The standard InChI is InChI=1S/C14H19ClN2O4S2/c1-8(2)16-14(20)17-13(19)9(3)21-12(18)7-22-6-10-4-5-11(15)23-10/h4-5,8-9H,6-7H2,1-3H3,(H2,16,17,19,20)/t9-/m1/s1. The van der Waals surface area contributed by atoms with Crippen molar-refractivity contribution in [2.45, 2.75) is 38.7 Å². The van der Waals surface area contributed by atoms with Gasteiger partial charge in [-0.1, -0.05) is 11.6 Å². The van der Waals surface area contributed by atoms with E-state index >= 15 is 0 Å².